The summed E-state index contributed by atoms with van der Waals surface area (Å²) in [6.07, 6.45) is 6.88. The Labute approximate surface area is 174 Å². The summed E-state index contributed by atoms with van der Waals surface area (Å²) < 4.78 is 41.9. The highest BCUT2D eigenvalue weighted by Crippen LogP contribution is 2.32. The van der Waals surface area contributed by atoms with Crippen molar-refractivity contribution in [2.24, 2.45) is 0 Å². The summed E-state index contributed by atoms with van der Waals surface area (Å²) in [5, 5.41) is 5.31. The fourth-order valence-corrected chi connectivity index (χ4v) is 5.72. The smallest absolute Gasteiger partial charge is 0.266 e. The molecule has 1 saturated carbocycles. The summed E-state index contributed by atoms with van der Waals surface area (Å²) in [4.78, 5) is 5.54. The van der Waals surface area contributed by atoms with Gasteiger partial charge in [0, 0.05) is 23.7 Å². The molecule has 1 aliphatic rings. The van der Waals surface area contributed by atoms with Crippen LogP contribution in [0.2, 0.25) is 5.02 Å². The van der Waals surface area contributed by atoms with Gasteiger partial charge < -0.3 is 10.2 Å². The minimum atomic E-state index is -4.11. The molecule has 28 heavy (non-hydrogen) atoms. The van der Waals surface area contributed by atoms with Crippen molar-refractivity contribution in [3.63, 3.8) is 0 Å². The van der Waals surface area contributed by atoms with Crippen LogP contribution in [0.3, 0.4) is 0 Å². The lowest BCUT2D eigenvalue weighted by atomic mass is 10.0. The summed E-state index contributed by atoms with van der Waals surface area (Å²) in [7, 11) is -0.0448. The molecule has 0 unspecified atom stereocenters. The van der Waals surface area contributed by atoms with Crippen molar-refractivity contribution < 1.29 is 12.8 Å². The van der Waals surface area contributed by atoms with Crippen LogP contribution in [0, 0.1) is 5.82 Å². The lowest BCUT2D eigenvalue weighted by molar-refractivity contribution is 0.251. The molecule has 2 N–H and O–H groups in total. The third kappa shape index (κ3) is 4.94. The fourth-order valence-electron chi connectivity index (χ4n) is 3.56. The first-order valence-corrected chi connectivity index (χ1v) is 11.9. The first-order chi connectivity index (χ1) is 13.3. The fraction of sp³-hybridized carbons (Fsp3) is 0.500. The summed E-state index contributed by atoms with van der Waals surface area (Å²) in [5.41, 5.74) is 0.408. The second kappa shape index (κ2) is 8.94. The standard InChI is InChI=1S/C18H24ClFN4O2S2/c1-24(2)16-7-5-3-4-6-14(16)22-15-11-13(20)17(10-12(15)19)28(25,26)23-18-21-8-9-27-18/h8-11,14,16,22H,3-7H2,1-2H3,(H,21,23)/t14-,16-/m0/s1. The molecule has 1 aliphatic carbocycles. The second-order valence-electron chi connectivity index (χ2n) is 7.13. The highest BCUT2D eigenvalue weighted by Gasteiger charge is 2.27. The van der Waals surface area contributed by atoms with Crippen molar-refractivity contribution in [3.8, 4) is 0 Å². The van der Waals surface area contributed by atoms with Crippen LogP contribution in [0.4, 0.5) is 15.2 Å². The molecule has 0 aliphatic heterocycles. The van der Waals surface area contributed by atoms with E-state index in [1.54, 1.807) is 5.38 Å². The number of halogens is 2. The Morgan fingerprint density at radius 2 is 2.00 bits per heavy atom. The van der Waals surface area contributed by atoms with Crippen LogP contribution >= 0.6 is 22.9 Å². The molecule has 0 spiro atoms. The molecule has 2 aromatic rings. The van der Waals surface area contributed by atoms with Gasteiger partial charge in [0.05, 0.1) is 10.7 Å². The van der Waals surface area contributed by atoms with Crippen LogP contribution in [0.5, 0.6) is 0 Å². The number of thiazole rings is 1. The Balaban J connectivity index is 1.85. The molecule has 154 valence electrons. The van der Waals surface area contributed by atoms with Gasteiger partial charge in [-0.15, -0.1) is 11.3 Å². The van der Waals surface area contributed by atoms with E-state index in [1.807, 2.05) is 14.1 Å². The normalized spacial score (nSPS) is 20.8. The zero-order chi connectivity index (χ0) is 20.3. The Hall–Kier alpha value is -1.42. The number of anilines is 2. The third-order valence-corrected chi connectivity index (χ3v) is 7.43. The molecule has 0 bridgehead atoms. The molecule has 1 heterocycles. The second-order valence-corrected chi connectivity index (χ2v) is 10.1. The Morgan fingerprint density at radius 3 is 2.68 bits per heavy atom. The molecule has 0 saturated heterocycles. The number of rotatable bonds is 6. The zero-order valence-electron chi connectivity index (χ0n) is 15.8. The van der Waals surface area contributed by atoms with Crippen molar-refractivity contribution in [3.05, 3.63) is 34.5 Å². The van der Waals surface area contributed by atoms with Crippen LogP contribution in [0.15, 0.2) is 28.6 Å². The Morgan fingerprint density at radius 1 is 1.25 bits per heavy atom. The average molecular weight is 447 g/mol. The largest absolute Gasteiger partial charge is 0.379 e. The molecule has 3 rings (SSSR count). The predicted octanol–water partition coefficient (Wildman–Crippen LogP) is 4.41. The number of benzene rings is 1. The van der Waals surface area contributed by atoms with Gasteiger partial charge in [-0.2, -0.15) is 0 Å². The lowest BCUT2D eigenvalue weighted by Crippen LogP contribution is -2.42. The number of nitrogens with one attached hydrogen (secondary N) is 2. The molecule has 1 aromatic heterocycles. The Bertz CT molecular complexity index is 907. The molecule has 1 fully saturated rings. The molecule has 2 atom stereocenters. The minimum Gasteiger partial charge on any atom is -0.379 e. The van der Waals surface area contributed by atoms with Gasteiger partial charge in [0.15, 0.2) is 5.13 Å². The van der Waals surface area contributed by atoms with Crippen LogP contribution in [-0.2, 0) is 10.0 Å². The van der Waals surface area contributed by atoms with Crippen molar-refractivity contribution in [1.29, 1.82) is 0 Å². The van der Waals surface area contributed by atoms with Gasteiger partial charge in [-0.1, -0.05) is 30.9 Å². The Kier molecular flexibility index (Phi) is 6.80. The average Bonchev–Trinajstić information content (AvgIpc) is 3.00. The van der Waals surface area contributed by atoms with Crippen LogP contribution in [-0.4, -0.2) is 44.5 Å². The maximum Gasteiger partial charge on any atom is 0.266 e. The van der Waals surface area contributed by atoms with Gasteiger partial charge in [0.1, 0.15) is 10.7 Å². The summed E-state index contributed by atoms with van der Waals surface area (Å²) in [5.74, 6) is -0.856. The van der Waals surface area contributed by atoms with E-state index in [2.05, 4.69) is 19.9 Å². The number of sulfonamides is 1. The quantitative estimate of drug-likeness (QED) is 0.643. The predicted molar refractivity (Wildman–Crippen MR) is 112 cm³/mol. The third-order valence-electron chi connectivity index (χ3n) is 4.95. The molecule has 1 aromatic carbocycles. The van der Waals surface area contributed by atoms with Crippen LogP contribution in [0.1, 0.15) is 32.1 Å². The van der Waals surface area contributed by atoms with E-state index in [0.29, 0.717) is 11.7 Å². The van der Waals surface area contributed by atoms with E-state index in [1.165, 1.54) is 12.6 Å². The minimum absolute atomic E-state index is 0.116. The zero-order valence-corrected chi connectivity index (χ0v) is 18.2. The molecule has 10 heteroatoms. The summed E-state index contributed by atoms with van der Waals surface area (Å²) in [6, 6.07) is 2.73. The van der Waals surface area contributed by atoms with E-state index in [9.17, 15) is 12.8 Å². The number of aromatic nitrogens is 1. The number of hydrogen-bond donors (Lipinski definition) is 2. The SMILES string of the molecule is CN(C)[C@H]1CCCCC[C@@H]1Nc1cc(F)c(S(=O)(=O)Nc2nccs2)cc1Cl. The van der Waals surface area contributed by atoms with Gasteiger partial charge in [-0.25, -0.2) is 17.8 Å². The lowest BCUT2D eigenvalue weighted by Gasteiger charge is -2.32. The van der Waals surface area contributed by atoms with Crippen molar-refractivity contribution in [1.82, 2.24) is 9.88 Å². The molecule has 0 amide bonds. The first-order valence-electron chi connectivity index (χ1n) is 9.12. The van der Waals surface area contributed by atoms with Crippen molar-refractivity contribution >= 4 is 43.8 Å². The van der Waals surface area contributed by atoms with E-state index < -0.39 is 20.7 Å². The maximum absolute atomic E-state index is 14.7. The monoisotopic (exact) mass is 446 g/mol. The molecule has 0 radical (unpaired) electrons. The number of likely N-dealkylation sites (N-methyl/N-ethyl adjacent to an activating group) is 1. The van der Waals surface area contributed by atoms with Crippen LogP contribution < -0.4 is 10.0 Å². The highest BCUT2D eigenvalue weighted by molar-refractivity contribution is 7.93. The first kappa shape index (κ1) is 21.3. The van der Waals surface area contributed by atoms with Gasteiger partial charge in [-0.05, 0) is 39.1 Å². The van der Waals surface area contributed by atoms with Crippen LogP contribution in [0.25, 0.3) is 0 Å². The summed E-state index contributed by atoms with van der Waals surface area (Å²) in [6.45, 7) is 0. The van der Waals surface area contributed by atoms with Gasteiger partial charge in [0.2, 0.25) is 0 Å². The number of nitrogens with zero attached hydrogens (tertiary/aromatic N) is 2. The number of hydrogen-bond acceptors (Lipinski definition) is 6. The van der Waals surface area contributed by atoms with Crippen molar-refractivity contribution in [2.75, 3.05) is 24.1 Å². The van der Waals surface area contributed by atoms with Gasteiger partial charge >= 0.3 is 0 Å². The van der Waals surface area contributed by atoms with E-state index >= 15 is 0 Å². The molecular formula is C18H24ClFN4O2S2. The van der Waals surface area contributed by atoms with E-state index in [-0.39, 0.29) is 16.2 Å². The van der Waals surface area contributed by atoms with Crippen molar-refractivity contribution in [2.45, 2.75) is 49.1 Å². The maximum atomic E-state index is 14.7. The van der Waals surface area contributed by atoms with Gasteiger partial charge in [-0.3, -0.25) is 4.72 Å². The van der Waals surface area contributed by atoms with E-state index in [0.717, 1.165) is 49.2 Å². The topological polar surface area (TPSA) is 74.3 Å². The van der Waals surface area contributed by atoms with E-state index in [4.69, 9.17) is 11.6 Å². The molecular weight excluding hydrogens is 423 g/mol. The van der Waals surface area contributed by atoms with Gasteiger partial charge in [0.25, 0.3) is 10.0 Å². The summed E-state index contributed by atoms with van der Waals surface area (Å²) >= 11 is 7.44. The highest BCUT2D eigenvalue weighted by atomic mass is 35.5. The molecule has 6 nitrogen and oxygen atoms in total.